The van der Waals surface area contributed by atoms with Crippen molar-refractivity contribution in [2.75, 3.05) is 54.6 Å². The van der Waals surface area contributed by atoms with Crippen LogP contribution in [0, 0.1) is 0 Å². The molecule has 1 saturated heterocycles. The maximum absolute atomic E-state index is 12.7. The first-order valence-electron chi connectivity index (χ1n) is 12.7. The van der Waals surface area contributed by atoms with Crippen molar-refractivity contribution in [3.8, 4) is 23.0 Å². The van der Waals surface area contributed by atoms with Crippen molar-refractivity contribution in [1.82, 2.24) is 9.80 Å². The average molecular weight is 533 g/mol. The van der Waals surface area contributed by atoms with Crippen LogP contribution in [0.25, 0.3) is 12.2 Å². The summed E-state index contributed by atoms with van der Waals surface area (Å²) in [6, 6.07) is 11.2. The van der Waals surface area contributed by atoms with Gasteiger partial charge in [-0.2, -0.15) is 0 Å². The Balaban J connectivity index is 1.49. The number of hydrogen-bond acceptors (Lipinski definition) is 6. The molecule has 1 aliphatic heterocycles. The summed E-state index contributed by atoms with van der Waals surface area (Å²) in [6.45, 7) is 2.19. The van der Waals surface area contributed by atoms with Crippen molar-refractivity contribution >= 4 is 24.0 Å². The number of nitrogens with zero attached hydrogens (tertiary/aromatic N) is 2. The molecule has 0 aromatic heterocycles. The molecule has 0 N–H and O–H groups in total. The van der Waals surface area contributed by atoms with Gasteiger partial charge in [0.25, 0.3) is 0 Å². The molecular formula is C31H36N2O6. The first-order valence-corrected chi connectivity index (χ1v) is 12.7. The zero-order valence-electron chi connectivity index (χ0n) is 23.0. The second-order valence-corrected chi connectivity index (χ2v) is 8.67. The summed E-state index contributed by atoms with van der Waals surface area (Å²) in [5.41, 5.74) is 1.86. The van der Waals surface area contributed by atoms with Crippen molar-refractivity contribution in [2.24, 2.45) is 0 Å². The second-order valence-electron chi connectivity index (χ2n) is 8.67. The van der Waals surface area contributed by atoms with Gasteiger partial charge in [0, 0.05) is 38.3 Å². The molecule has 2 aromatic rings. The summed E-state index contributed by atoms with van der Waals surface area (Å²) >= 11 is 0. The molecule has 0 spiro atoms. The van der Waals surface area contributed by atoms with Crippen LogP contribution in [0.4, 0.5) is 0 Å². The molecule has 1 heterocycles. The van der Waals surface area contributed by atoms with Crippen molar-refractivity contribution in [3.05, 3.63) is 84.0 Å². The molecular weight excluding hydrogens is 496 g/mol. The van der Waals surface area contributed by atoms with Crippen molar-refractivity contribution in [1.29, 1.82) is 0 Å². The zero-order valence-corrected chi connectivity index (χ0v) is 23.0. The van der Waals surface area contributed by atoms with Crippen LogP contribution in [0.15, 0.2) is 72.9 Å². The van der Waals surface area contributed by atoms with Gasteiger partial charge < -0.3 is 28.7 Å². The van der Waals surface area contributed by atoms with E-state index in [1.807, 2.05) is 60.7 Å². The number of hydrogen-bond donors (Lipinski definition) is 0. The Labute approximate surface area is 230 Å². The molecule has 0 saturated carbocycles. The number of carbonyl (C=O) groups excluding carboxylic acids is 2. The number of amides is 2. The summed E-state index contributed by atoms with van der Waals surface area (Å²) in [6.07, 6.45) is 14.7. The number of methoxy groups -OCH3 is 4. The van der Waals surface area contributed by atoms with E-state index in [2.05, 4.69) is 0 Å². The maximum atomic E-state index is 12.7. The minimum absolute atomic E-state index is 0.0744. The van der Waals surface area contributed by atoms with E-state index in [1.165, 1.54) is 0 Å². The third kappa shape index (κ3) is 8.53. The quantitative estimate of drug-likeness (QED) is 0.328. The topological polar surface area (TPSA) is 77.5 Å². The van der Waals surface area contributed by atoms with E-state index in [9.17, 15) is 9.59 Å². The smallest absolute Gasteiger partial charge is 0.246 e. The molecule has 206 valence electrons. The summed E-state index contributed by atoms with van der Waals surface area (Å²) in [7, 11) is 6.37. The molecule has 0 unspecified atom stereocenters. The Bertz CT molecular complexity index is 1150. The van der Waals surface area contributed by atoms with E-state index in [4.69, 9.17) is 18.9 Å². The van der Waals surface area contributed by atoms with Gasteiger partial charge in [-0.25, -0.2) is 0 Å². The minimum Gasteiger partial charge on any atom is -0.493 e. The number of ether oxygens (including phenoxy) is 4. The SMILES string of the molecule is COc1ccc(C=CC=CC(=O)N2CCCN(C(=O)C=CC=Cc3ccc(OC)c(OC)c3)CC2)cc1OC. The Hall–Kier alpha value is -4.46. The normalized spacial score (nSPS) is 14.4. The van der Waals surface area contributed by atoms with Gasteiger partial charge in [-0.1, -0.05) is 48.6 Å². The first-order chi connectivity index (χ1) is 19.0. The predicted molar refractivity (Wildman–Crippen MR) is 153 cm³/mol. The van der Waals surface area contributed by atoms with Crippen molar-refractivity contribution in [2.45, 2.75) is 6.42 Å². The van der Waals surface area contributed by atoms with Crippen LogP contribution >= 0.6 is 0 Å². The monoisotopic (exact) mass is 532 g/mol. The van der Waals surface area contributed by atoms with Crippen LogP contribution in [0.1, 0.15) is 17.5 Å². The third-order valence-electron chi connectivity index (χ3n) is 6.21. The summed E-state index contributed by atoms with van der Waals surface area (Å²) in [5, 5.41) is 0. The van der Waals surface area contributed by atoms with Gasteiger partial charge in [-0.15, -0.1) is 0 Å². The molecule has 8 heteroatoms. The molecule has 3 rings (SSSR count). The first kappa shape index (κ1) is 29.1. The highest BCUT2D eigenvalue weighted by molar-refractivity contribution is 5.89. The largest absolute Gasteiger partial charge is 0.493 e. The molecule has 0 radical (unpaired) electrons. The maximum Gasteiger partial charge on any atom is 0.246 e. The Morgan fingerprint density at radius 3 is 1.38 bits per heavy atom. The van der Waals surface area contributed by atoms with E-state index >= 15 is 0 Å². The number of carbonyl (C=O) groups is 2. The molecule has 2 aromatic carbocycles. The van der Waals surface area contributed by atoms with Crippen LogP contribution in [0.5, 0.6) is 23.0 Å². The molecule has 0 bridgehead atoms. The molecule has 8 nitrogen and oxygen atoms in total. The van der Waals surface area contributed by atoms with Gasteiger partial charge >= 0.3 is 0 Å². The summed E-state index contributed by atoms with van der Waals surface area (Å²) < 4.78 is 21.1. The van der Waals surface area contributed by atoms with Crippen LogP contribution in [-0.4, -0.2) is 76.2 Å². The van der Waals surface area contributed by atoms with Gasteiger partial charge in [0.05, 0.1) is 28.4 Å². The third-order valence-corrected chi connectivity index (χ3v) is 6.21. The fourth-order valence-electron chi connectivity index (χ4n) is 4.09. The Kier molecular flexibility index (Phi) is 11.2. The van der Waals surface area contributed by atoms with E-state index in [1.54, 1.807) is 62.5 Å². The van der Waals surface area contributed by atoms with E-state index in [0.29, 0.717) is 49.2 Å². The second kappa shape index (κ2) is 15.1. The summed E-state index contributed by atoms with van der Waals surface area (Å²) in [5.74, 6) is 2.47. The highest BCUT2D eigenvalue weighted by Crippen LogP contribution is 2.28. The minimum atomic E-state index is -0.0744. The van der Waals surface area contributed by atoms with Gasteiger partial charge in [-0.3, -0.25) is 9.59 Å². The lowest BCUT2D eigenvalue weighted by Gasteiger charge is -2.20. The van der Waals surface area contributed by atoms with Gasteiger partial charge in [-0.05, 0) is 41.8 Å². The number of rotatable bonds is 10. The van der Waals surface area contributed by atoms with Gasteiger partial charge in [0.2, 0.25) is 11.8 Å². The molecule has 2 amide bonds. The predicted octanol–water partition coefficient (Wildman–Crippen LogP) is 4.62. The fourth-order valence-corrected chi connectivity index (χ4v) is 4.09. The molecule has 1 aliphatic rings. The van der Waals surface area contributed by atoms with E-state index < -0.39 is 0 Å². The average Bonchev–Trinajstić information content (AvgIpc) is 3.23. The van der Waals surface area contributed by atoms with Crippen LogP contribution < -0.4 is 18.9 Å². The van der Waals surface area contributed by atoms with Gasteiger partial charge in [0.15, 0.2) is 23.0 Å². The zero-order chi connectivity index (χ0) is 28.0. The highest BCUT2D eigenvalue weighted by atomic mass is 16.5. The number of benzene rings is 2. The molecule has 0 atom stereocenters. The highest BCUT2D eigenvalue weighted by Gasteiger charge is 2.19. The molecule has 1 fully saturated rings. The fraction of sp³-hybridized carbons (Fsp3) is 0.290. The Morgan fingerprint density at radius 2 is 1.00 bits per heavy atom. The van der Waals surface area contributed by atoms with E-state index in [-0.39, 0.29) is 11.8 Å². The summed E-state index contributed by atoms with van der Waals surface area (Å²) in [4.78, 5) is 28.9. The Morgan fingerprint density at radius 1 is 0.590 bits per heavy atom. The van der Waals surface area contributed by atoms with Crippen LogP contribution in [-0.2, 0) is 9.59 Å². The van der Waals surface area contributed by atoms with Gasteiger partial charge in [0.1, 0.15) is 0 Å². The lowest BCUT2D eigenvalue weighted by atomic mass is 10.2. The van der Waals surface area contributed by atoms with Crippen molar-refractivity contribution in [3.63, 3.8) is 0 Å². The molecule has 39 heavy (non-hydrogen) atoms. The van der Waals surface area contributed by atoms with Crippen LogP contribution in [0.3, 0.4) is 0 Å². The molecule has 0 aliphatic carbocycles. The number of allylic oxidation sites excluding steroid dienone is 4. The van der Waals surface area contributed by atoms with E-state index in [0.717, 1.165) is 17.5 Å². The standard InChI is InChI=1S/C31H36N2O6/c1-36-26-16-14-24(22-28(26)38-3)10-5-7-12-30(34)32-18-9-19-33(21-20-32)31(35)13-8-6-11-25-15-17-27(37-2)29(23-25)39-4/h5-8,10-17,22-23H,9,18-21H2,1-4H3. The van der Waals surface area contributed by atoms with Crippen molar-refractivity contribution < 1.29 is 28.5 Å². The lowest BCUT2D eigenvalue weighted by Crippen LogP contribution is -2.36. The lowest BCUT2D eigenvalue weighted by molar-refractivity contribution is -0.128. The van der Waals surface area contributed by atoms with Crippen LogP contribution in [0.2, 0.25) is 0 Å².